The zero-order valence-electron chi connectivity index (χ0n) is 19.1. The number of rotatable bonds is 10. The van der Waals surface area contributed by atoms with Crippen LogP contribution in [0.4, 0.5) is 0 Å². The third kappa shape index (κ3) is 6.05. The lowest BCUT2D eigenvalue weighted by molar-refractivity contribution is -0.142. The van der Waals surface area contributed by atoms with Gasteiger partial charge in [-0.3, -0.25) is 19.3 Å². The molecule has 9 nitrogen and oxygen atoms in total. The van der Waals surface area contributed by atoms with Crippen LogP contribution in [0.15, 0.2) is 24.3 Å². The third-order valence-corrected chi connectivity index (χ3v) is 5.65. The quantitative estimate of drug-likeness (QED) is 0.455. The van der Waals surface area contributed by atoms with Crippen LogP contribution in [-0.4, -0.2) is 73.8 Å². The van der Waals surface area contributed by atoms with Crippen LogP contribution in [0.2, 0.25) is 0 Å². The zero-order chi connectivity index (χ0) is 23.1. The van der Waals surface area contributed by atoms with E-state index in [4.69, 9.17) is 9.47 Å². The maximum Gasteiger partial charge on any atom is 0.252 e. The van der Waals surface area contributed by atoms with Crippen LogP contribution < -0.4 is 16.0 Å². The molecule has 2 aliphatic heterocycles. The average Bonchev–Trinajstić information content (AvgIpc) is 3.08. The number of ether oxygens (including phenoxy) is 2. The standard InChI is InChI=1S/C23H34N4O5/c1-4-6-11-25-22(29)20(16-9-7-15(3)8-10-16)27-13-17-21(32-19(14-27)31-17)23(30)26-12-18(28)24-5-2/h7-10,17,19-21H,4-6,11-14H2,1-3H3,(H,24,28)(H,25,29)(H,26,30)/t17-,19-,20-,21-/m0/s1. The Labute approximate surface area is 189 Å². The lowest BCUT2D eigenvalue weighted by Crippen LogP contribution is -2.51. The van der Waals surface area contributed by atoms with E-state index in [0.29, 0.717) is 26.2 Å². The van der Waals surface area contributed by atoms with Crippen molar-refractivity contribution in [1.29, 1.82) is 0 Å². The Morgan fingerprint density at radius 3 is 2.50 bits per heavy atom. The number of hydrogen-bond donors (Lipinski definition) is 3. The normalized spacial score (nSPS) is 23.4. The first-order chi connectivity index (χ1) is 15.4. The molecule has 3 rings (SSSR count). The third-order valence-electron chi connectivity index (χ3n) is 5.65. The Hall–Kier alpha value is -2.49. The molecule has 0 radical (unpaired) electrons. The number of aryl methyl sites for hydroxylation is 1. The fraction of sp³-hybridized carbons (Fsp3) is 0.609. The fourth-order valence-corrected chi connectivity index (χ4v) is 4.00. The van der Waals surface area contributed by atoms with Gasteiger partial charge in [0.2, 0.25) is 11.8 Å². The van der Waals surface area contributed by atoms with Crippen LogP contribution >= 0.6 is 0 Å². The van der Waals surface area contributed by atoms with Gasteiger partial charge in [0.15, 0.2) is 12.4 Å². The molecule has 3 amide bonds. The summed E-state index contributed by atoms with van der Waals surface area (Å²) in [5, 5.41) is 8.28. The van der Waals surface area contributed by atoms with Crippen molar-refractivity contribution in [3.05, 3.63) is 35.4 Å². The largest absolute Gasteiger partial charge is 0.355 e. The topological polar surface area (TPSA) is 109 Å². The molecule has 2 bridgehead atoms. The van der Waals surface area contributed by atoms with E-state index < -0.39 is 24.5 Å². The molecule has 0 spiro atoms. The second-order valence-electron chi connectivity index (χ2n) is 8.24. The number of likely N-dealkylation sites (N-methyl/N-ethyl adjacent to an activating group) is 1. The van der Waals surface area contributed by atoms with Crippen molar-refractivity contribution in [1.82, 2.24) is 20.9 Å². The van der Waals surface area contributed by atoms with Gasteiger partial charge in [-0.15, -0.1) is 0 Å². The van der Waals surface area contributed by atoms with E-state index in [1.807, 2.05) is 43.0 Å². The van der Waals surface area contributed by atoms with Crippen LogP contribution in [0, 0.1) is 6.92 Å². The Morgan fingerprint density at radius 2 is 1.81 bits per heavy atom. The molecule has 2 aliphatic rings. The Morgan fingerprint density at radius 1 is 1.06 bits per heavy atom. The van der Waals surface area contributed by atoms with Gasteiger partial charge in [0.25, 0.3) is 5.91 Å². The molecule has 32 heavy (non-hydrogen) atoms. The lowest BCUT2D eigenvalue weighted by Gasteiger charge is -2.36. The van der Waals surface area contributed by atoms with Crippen molar-refractivity contribution >= 4 is 17.7 Å². The lowest BCUT2D eigenvalue weighted by atomic mass is 10.0. The van der Waals surface area contributed by atoms with Gasteiger partial charge in [-0.25, -0.2) is 0 Å². The van der Waals surface area contributed by atoms with Gasteiger partial charge >= 0.3 is 0 Å². The van der Waals surface area contributed by atoms with E-state index in [9.17, 15) is 14.4 Å². The van der Waals surface area contributed by atoms with E-state index in [2.05, 4.69) is 22.9 Å². The highest BCUT2D eigenvalue weighted by molar-refractivity contribution is 5.87. The summed E-state index contributed by atoms with van der Waals surface area (Å²) in [5.41, 5.74) is 2.01. The first-order valence-corrected chi connectivity index (χ1v) is 11.4. The summed E-state index contributed by atoms with van der Waals surface area (Å²) in [5.74, 6) is -0.710. The number of carbonyl (C=O) groups is 3. The van der Waals surface area contributed by atoms with Crippen LogP contribution in [0.1, 0.15) is 43.9 Å². The monoisotopic (exact) mass is 446 g/mol. The molecule has 0 aromatic heterocycles. The Bertz CT molecular complexity index is 800. The van der Waals surface area contributed by atoms with Crippen LogP contribution in [0.3, 0.4) is 0 Å². The molecular weight excluding hydrogens is 412 g/mol. The summed E-state index contributed by atoms with van der Waals surface area (Å²) < 4.78 is 11.7. The van der Waals surface area contributed by atoms with E-state index in [1.54, 1.807) is 0 Å². The minimum absolute atomic E-state index is 0.0687. The predicted octanol–water partition coefficient (Wildman–Crippen LogP) is 0.630. The first kappa shape index (κ1) is 24.2. The van der Waals surface area contributed by atoms with Crippen molar-refractivity contribution in [3.8, 4) is 0 Å². The summed E-state index contributed by atoms with van der Waals surface area (Å²) in [4.78, 5) is 39.4. The molecule has 2 fully saturated rings. The van der Waals surface area contributed by atoms with Crippen molar-refractivity contribution in [3.63, 3.8) is 0 Å². The summed E-state index contributed by atoms with van der Waals surface area (Å²) in [6.45, 7) is 7.65. The molecule has 4 atom stereocenters. The van der Waals surface area contributed by atoms with Gasteiger partial charge in [0, 0.05) is 19.6 Å². The number of hydrogen-bond acceptors (Lipinski definition) is 6. The van der Waals surface area contributed by atoms with E-state index in [0.717, 1.165) is 24.0 Å². The highest BCUT2D eigenvalue weighted by atomic mass is 16.7. The summed E-state index contributed by atoms with van der Waals surface area (Å²) in [6, 6.07) is 7.42. The maximum atomic E-state index is 13.1. The van der Waals surface area contributed by atoms with Crippen molar-refractivity contribution in [2.45, 2.75) is 58.2 Å². The summed E-state index contributed by atoms with van der Waals surface area (Å²) in [6.07, 6.45) is -0.0264. The van der Waals surface area contributed by atoms with Gasteiger partial charge < -0.3 is 25.4 Å². The van der Waals surface area contributed by atoms with Crippen molar-refractivity contribution in [2.24, 2.45) is 0 Å². The Balaban J connectivity index is 1.69. The molecule has 0 unspecified atom stereocenters. The van der Waals surface area contributed by atoms with Crippen LogP contribution in [0.25, 0.3) is 0 Å². The Kier molecular flexibility index (Phi) is 8.60. The SMILES string of the molecule is CCCCNC(=O)[C@H](c1ccc(C)cc1)N1C[C@H]2O[C@@H](C1)[C@@H](C(=O)NCC(=O)NCC)O2. The minimum atomic E-state index is -0.818. The molecule has 2 heterocycles. The number of nitrogens with zero attached hydrogens (tertiary/aromatic N) is 1. The molecule has 0 aliphatic carbocycles. The minimum Gasteiger partial charge on any atom is -0.355 e. The van der Waals surface area contributed by atoms with E-state index in [1.165, 1.54) is 0 Å². The van der Waals surface area contributed by atoms with Crippen LogP contribution in [0.5, 0.6) is 0 Å². The molecule has 1 aromatic carbocycles. The number of fused-ring (bicyclic) bond motifs is 2. The molecule has 3 N–H and O–H groups in total. The molecular formula is C23H34N4O5. The van der Waals surface area contributed by atoms with Gasteiger partial charge in [-0.05, 0) is 25.8 Å². The second-order valence-corrected chi connectivity index (χ2v) is 8.24. The average molecular weight is 447 g/mol. The smallest absolute Gasteiger partial charge is 0.252 e. The number of nitrogens with one attached hydrogen (secondary N) is 3. The molecule has 1 aromatic rings. The number of unbranched alkanes of at least 4 members (excludes halogenated alkanes) is 1. The number of benzene rings is 1. The second kappa shape index (κ2) is 11.4. The van der Waals surface area contributed by atoms with Crippen molar-refractivity contribution in [2.75, 3.05) is 32.7 Å². The summed E-state index contributed by atoms with van der Waals surface area (Å²) in [7, 11) is 0. The van der Waals surface area contributed by atoms with Gasteiger partial charge in [-0.2, -0.15) is 0 Å². The molecule has 0 saturated carbocycles. The highest BCUT2D eigenvalue weighted by Crippen LogP contribution is 2.32. The zero-order valence-corrected chi connectivity index (χ0v) is 19.1. The maximum absolute atomic E-state index is 13.1. The van der Waals surface area contributed by atoms with Crippen LogP contribution in [-0.2, 0) is 23.9 Å². The highest BCUT2D eigenvalue weighted by Gasteiger charge is 2.48. The summed E-state index contributed by atoms with van der Waals surface area (Å²) >= 11 is 0. The van der Waals surface area contributed by atoms with E-state index >= 15 is 0 Å². The fourth-order valence-electron chi connectivity index (χ4n) is 4.00. The molecule has 9 heteroatoms. The molecule has 2 saturated heterocycles. The number of amides is 3. The predicted molar refractivity (Wildman–Crippen MR) is 119 cm³/mol. The molecule has 176 valence electrons. The van der Waals surface area contributed by atoms with Gasteiger partial charge in [0.05, 0.1) is 13.1 Å². The number of carbonyl (C=O) groups excluding carboxylic acids is 3. The van der Waals surface area contributed by atoms with E-state index in [-0.39, 0.29) is 24.3 Å². The first-order valence-electron chi connectivity index (χ1n) is 11.4. The van der Waals surface area contributed by atoms with Crippen molar-refractivity contribution < 1.29 is 23.9 Å². The number of morpholine rings is 1. The van der Waals surface area contributed by atoms with Gasteiger partial charge in [-0.1, -0.05) is 43.2 Å². The van der Waals surface area contributed by atoms with Gasteiger partial charge in [0.1, 0.15) is 12.1 Å².